The number of nitrogens with zero attached hydrogens (tertiary/aromatic N) is 2. The fourth-order valence-electron chi connectivity index (χ4n) is 9.92. The maximum absolute atomic E-state index is 6.73. The van der Waals surface area contributed by atoms with Crippen molar-refractivity contribution in [3.05, 3.63) is 161 Å². The number of anilines is 6. The van der Waals surface area contributed by atoms with Crippen molar-refractivity contribution in [2.75, 3.05) is 9.80 Å². The number of ether oxygens (including phenoxy) is 2. The van der Waals surface area contributed by atoms with Gasteiger partial charge in [-0.3, -0.25) is 0 Å². The Morgan fingerprint density at radius 2 is 1.00 bits per heavy atom. The van der Waals surface area contributed by atoms with Gasteiger partial charge in [0.05, 0.1) is 22.7 Å². The lowest BCUT2D eigenvalue weighted by Gasteiger charge is -2.41. The minimum atomic E-state index is 0.0179. The SMILES string of the molecule is CC(C)c1cc2c3c(c1)C(C)c1cccc4c1N(c1ccc5c(c1)B3c1cc(ccc1S5)N1c3ccccc3Oc3cccc(c31)C2C)c1ccccc1O4. The minimum absolute atomic E-state index is 0.0179. The van der Waals surface area contributed by atoms with Crippen LogP contribution in [0.2, 0.25) is 0 Å². The summed E-state index contributed by atoms with van der Waals surface area (Å²) in [5, 5.41) is 0. The highest BCUT2D eigenvalue weighted by atomic mass is 32.2. The number of hydrogen-bond acceptors (Lipinski definition) is 5. The molecule has 0 aromatic heterocycles. The predicted octanol–water partition coefficient (Wildman–Crippen LogP) is 11.9. The van der Waals surface area contributed by atoms with Gasteiger partial charge in [-0.15, -0.1) is 0 Å². The van der Waals surface area contributed by atoms with Crippen molar-refractivity contribution in [2.45, 2.75) is 55.2 Å². The van der Waals surface area contributed by atoms with E-state index in [1.165, 1.54) is 54.0 Å². The third kappa shape index (κ3) is 4.32. The number of fused-ring (bicyclic) bond motifs is 8. The van der Waals surface area contributed by atoms with Gasteiger partial charge in [0.25, 0.3) is 0 Å². The van der Waals surface area contributed by atoms with Gasteiger partial charge in [0.15, 0.2) is 23.0 Å². The van der Waals surface area contributed by atoms with Crippen LogP contribution in [0.4, 0.5) is 34.1 Å². The van der Waals surface area contributed by atoms with E-state index in [0.717, 1.165) is 57.1 Å². The maximum Gasteiger partial charge on any atom is 0.245 e. The highest BCUT2D eigenvalue weighted by Crippen LogP contribution is 2.56. The molecule has 0 N–H and O–H groups in total. The van der Waals surface area contributed by atoms with Gasteiger partial charge in [-0.1, -0.05) is 117 Å². The summed E-state index contributed by atoms with van der Waals surface area (Å²) in [7, 11) is 0. The molecule has 2 atom stereocenters. The lowest BCUT2D eigenvalue weighted by atomic mass is 9.34. The zero-order valence-corrected chi connectivity index (χ0v) is 31.9. The predicted molar refractivity (Wildman–Crippen MR) is 227 cm³/mol. The molecule has 7 aromatic rings. The summed E-state index contributed by atoms with van der Waals surface area (Å²) in [5.41, 5.74) is 17.5. The van der Waals surface area contributed by atoms with Crippen molar-refractivity contribution in [3.8, 4) is 23.0 Å². The Kier molecular flexibility index (Phi) is 6.50. The second kappa shape index (κ2) is 11.3. The van der Waals surface area contributed by atoms with Crippen LogP contribution in [0, 0.1) is 0 Å². The molecule has 0 fully saturated rings. The van der Waals surface area contributed by atoms with E-state index in [9.17, 15) is 0 Å². The smallest absolute Gasteiger partial charge is 0.245 e. The fourth-order valence-corrected chi connectivity index (χ4v) is 11.0. The summed E-state index contributed by atoms with van der Waals surface area (Å²) in [5.74, 6) is 4.02. The van der Waals surface area contributed by atoms with E-state index >= 15 is 0 Å². The molecule has 0 saturated carbocycles. The van der Waals surface area contributed by atoms with Gasteiger partial charge < -0.3 is 19.3 Å². The average Bonchev–Trinajstić information content (AvgIpc) is 3.21. The first-order valence-corrected chi connectivity index (χ1v) is 20.3. The summed E-state index contributed by atoms with van der Waals surface area (Å²) < 4.78 is 13.5. The van der Waals surface area contributed by atoms with E-state index in [2.05, 4.69) is 171 Å². The molecule has 0 saturated heterocycles. The molecule has 55 heavy (non-hydrogen) atoms. The Morgan fingerprint density at radius 1 is 0.527 bits per heavy atom. The van der Waals surface area contributed by atoms with Gasteiger partial charge in [0.2, 0.25) is 6.71 Å². The zero-order chi connectivity index (χ0) is 36.7. The largest absolute Gasteiger partial charge is 0.453 e. The van der Waals surface area contributed by atoms with Crippen LogP contribution < -0.4 is 35.7 Å². The van der Waals surface area contributed by atoms with Crippen molar-refractivity contribution < 1.29 is 9.47 Å². The number of para-hydroxylation sites is 6. The molecule has 0 aliphatic carbocycles. The Hall–Kier alpha value is -5.85. The molecule has 5 aliphatic rings. The summed E-state index contributed by atoms with van der Waals surface area (Å²) >= 11 is 1.90. The normalized spacial score (nSPS) is 17.4. The monoisotopic (exact) mass is 728 g/mol. The van der Waals surface area contributed by atoms with Crippen molar-refractivity contribution in [1.29, 1.82) is 0 Å². The van der Waals surface area contributed by atoms with E-state index in [1.54, 1.807) is 0 Å². The van der Waals surface area contributed by atoms with Crippen molar-refractivity contribution in [2.24, 2.45) is 0 Å². The summed E-state index contributed by atoms with van der Waals surface area (Å²) in [6, 6.07) is 49.6. The first kappa shape index (κ1) is 31.5. The second-order valence-corrected chi connectivity index (χ2v) is 17.0. The fraction of sp³-hybridized carbons (Fsp3) is 0.143. The molecular weight excluding hydrogens is 691 g/mol. The number of benzene rings is 7. The molecule has 12 rings (SSSR count). The van der Waals surface area contributed by atoms with Gasteiger partial charge in [-0.05, 0) is 107 Å². The maximum atomic E-state index is 6.73. The third-order valence-corrected chi connectivity index (χ3v) is 13.8. The molecule has 4 nitrogen and oxygen atoms in total. The zero-order valence-electron chi connectivity index (χ0n) is 31.1. The van der Waals surface area contributed by atoms with Crippen LogP contribution in [-0.4, -0.2) is 6.71 Å². The average molecular weight is 729 g/mol. The van der Waals surface area contributed by atoms with Crippen LogP contribution in [0.5, 0.6) is 23.0 Å². The second-order valence-electron chi connectivity index (χ2n) is 15.9. The molecule has 6 heteroatoms. The van der Waals surface area contributed by atoms with Crippen LogP contribution >= 0.6 is 11.8 Å². The summed E-state index contributed by atoms with van der Waals surface area (Å²) in [6.07, 6.45) is 0. The molecule has 0 radical (unpaired) electrons. The Balaban J connectivity index is 1.24. The Labute approximate surface area is 326 Å². The summed E-state index contributed by atoms with van der Waals surface area (Å²) in [4.78, 5) is 7.54. The van der Waals surface area contributed by atoms with Crippen LogP contribution in [0.25, 0.3) is 0 Å². The van der Waals surface area contributed by atoms with Crippen LogP contribution in [-0.2, 0) is 0 Å². The molecule has 4 bridgehead atoms. The first-order valence-electron chi connectivity index (χ1n) is 19.5. The minimum Gasteiger partial charge on any atom is -0.453 e. The molecule has 5 aliphatic heterocycles. The van der Waals surface area contributed by atoms with Gasteiger partial charge in [0.1, 0.15) is 0 Å². The highest BCUT2D eigenvalue weighted by molar-refractivity contribution is 8.00. The lowest BCUT2D eigenvalue weighted by molar-refractivity contribution is 0.475. The Morgan fingerprint density at radius 3 is 1.49 bits per heavy atom. The van der Waals surface area contributed by atoms with Crippen LogP contribution in [0.15, 0.2) is 143 Å². The molecule has 5 heterocycles. The highest BCUT2D eigenvalue weighted by Gasteiger charge is 2.42. The van der Waals surface area contributed by atoms with Crippen molar-refractivity contribution >= 4 is 69.0 Å². The van der Waals surface area contributed by atoms with Gasteiger partial charge in [-0.2, -0.15) is 0 Å². The topological polar surface area (TPSA) is 24.9 Å². The Bertz CT molecular complexity index is 2630. The van der Waals surface area contributed by atoms with Crippen molar-refractivity contribution in [3.63, 3.8) is 0 Å². The molecule has 2 unspecified atom stereocenters. The van der Waals surface area contributed by atoms with Gasteiger partial charge in [0, 0.05) is 33.0 Å². The molecular formula is C49H37BN2O2S. The number of hydrogen-bond donors (Lipinski definition) is 0. The van der Waals surface area contributed by atoms with E-state index in [0.29, 0.717) is 5.92 Å². The molecule has 7 aromatic carbocycles. The van der Waals surface area contributed by atoms with Gasteiger partial charge >= 0.3 is 0 Å². The number of rotatable bonds is 1. The third-order valence-electron chi connectivity index (χ3n) is 12.6. The quantitative estimate of drug-likeness (QED) is 0.157. The molecule has 0 spiro atoms. The van der Waals surface area contributed by atoms with E-state index < -0.39 is 0 Å². The van der Waals surface area contributed by atoms with Crippen LogP contribution in [0.3, 0.4) is 0 Å². The lowest BCUT2D eigenvalue weighted by Crippen LogP contribution is -2.58. The van der Waals surface area contributed by atoms with E-state index in [4.69, 9.17) is 9.47 Å². The van der Waals surface area contributed by atoms with Crippen molar-refractivity contribution in [1.82, 2.24) is 0 Å². The standard InChI is InChI=1S/C49H37BN2O2S/c1-27(2)30-23-35-28(3)33-11-9-17-43-48(33)51(39-13-5-7-15-41(39)53-43)31-19-21-45-37(25-31)50-38-26-32(20-22-46(38)55-45)52-40-14-6-8-16-42(40)54-44-18-10-12-34(49(44)52)29(4)36(24-30)47(35)50/h5-29H,1-4H3. The summed E-state index contributed by atoms with van der Waals surface area (Å²) in [6.45, 7) is 9.52. The molecule has 0 amide bonds. The van der Waals surface area contributed by atoms with Gasteiger partial charge in [-0.25, -0.2) is 0 Å². The molecule has 264 valence electrons. The van der Waals surface area contributed by atoms with E-state index in [-0.39, 0.29) is 18.5 Å². The first-order chi connectivity index (χ1) is 26.9. The van der Waals surface area contributed by atoms with E-state index in [1.807, 2.05) is 11.8 Å². The van der Waals surface area contributed by atoms with Crippen LogP contribution in [0.1, 0.15) is 73.3 Å².